The van der Waals surface area contributed by atoms with Gasteiger partial charge in [0.15, 0.2) is 5.03 Å². The molecular weight excluding hydrogens is 142 g/mol. The van der Waals surface area contributed by atoms with Gasteiger partial charge < -0.3 is 0 Å². The highest BCUT2D eigenvalue weighted by Gasteiger charge is 2.42. The van der Waals surface area contributed by atoms with E-state index in [1.54, 1.807) is 0 Å². The van der Waals surface area contributed by atoms with Crippen molar-refractivity contribution >= 4 is 0 Å². The van der Waals surface area contributed by atoms with Gasteiger partial charge in [0.2, 0.25) is 0 Å². The van der Waals surface area contributed by atoms with Crippen LogP contribution in [0.1, 0.15) is 0 Å². The Bertz CT molecular complexity index is 157. The second kappa shape index (κ2) is 2.09. The van der Waals surface area contributed by atoms with Crippen LogP contribution in [0.4, 0.5) is 0 Å². The quantitative estimate of drug-likeness (QED) is 0.374. The Labute approximate surface area is 55.5 Å². The zero-order chi connectivity index (χ0) is 7.72. The molecule has 0 atom stereocenters. The number of nitro groups is 2. The van der Waals surface area contributed by atoms with Gasteiger partial charge in [0, 0.05) is 4.92 Å². The van der Waals surface area contributed by atoms with E-state index in [1.165, 1.54) is 0 Å². The van der Waals surface area contributed by atoms with Crippen molar-refractivity contribution < 1.29 is 9.96 Å². The molecule has 0 spiro atoms. The van der Waals surface area contributed by atoms with Crippen LogP contribution in [0.3, 0.4) is 0 Å². The van der Waals surface area contributed by atoms with Crippen LogP contribution in [-0.4, -0.2) is 34.1 Å². The molecule has 0 radical (unpaired) electrons. The van der Waals surface area contributed by atoms with E-state index in [1.807, 2.05) is 0 Å². The highest BCUT2D eigenvalue weighted by atomic mass is 16.7. The number of hydrogen-bond acceptors (Lipinski definition) is 4. The summed E-state index contributed by atoms with van der Waals surface area (Å²) in [5, 5.41) is 20.0. The van der Waals surface area contributed by atoms with Gasteiger partial charge in [0.25, 0.3) is 6.04 Å². The maximum atomic E-state index is 9.91. The summed E-state index contributed by atoms with van der Waals surface area (Å²) in [7, 11) is 0. The molecule has 0 aromatic rings. The van der Waals surface area contributed by atoms with E-state index >= 15 is 0 Å². The molecule has 0 N–H and O–H groups in total. The summed E-state index contributed by atoms with van der Waals surface area (Å²) < 4.78 is 0. The summed E-state index contributed by atoms with van der Waals surface area (Å²) in [6.07, 6.45) is 0. The molecule has 1 heterocycles. The van der Waals surface area contributed by atoms with Crippen LogP contribution in [0, 0.1) is 20.2 Å². The van der Waals surface area contributed by atoms with E-state index in [0.717, 1.165) is 5.01 Å². The summed E-state index contributed by atoms with van der Waals surface area (Å²) in [4.78, 5) is 19.3. The van der Waals surface area contributed by atoms with Gasteiger partial charge in [-0.1, -0.05) is 0 Å². The SMILES string of the molecule is O=[N+]([O-])C1CN([N+](=O)[O-])C1. The summed E-state index contributed by atoms with van der Waals surface area (Å²) in [5.74, 6) is 0. The lowest BCUT2D eigenvalue weighted by molar-refractivity contribution is -0.703. The molecular formula is C3H5N3O4. The molecule has 7 nitrogen and oxygen atoms in total. The Morgan fingerprint density at radius 2 is 1.80 bits per heavy atom. The van der Waals surface area contributed by atoms with E-state index in [0.29, 0.717) is 0 Å². The van der Waals surface area contributed by atoms with Gasteiger partial charge in [-0.3, -0.25) is 10.1 Å². The second-order valence-corrected chi connectivity index (χ2v) is 2.05. The van der Waals surface area contributed by atoms with Crippen LogP contribution in [-0.2, 0) is 0 Å². The van der Waals surface area contributed by atoms with E-state index in [-0.39, 0.29) is 13.1 Å². The van der Waals surface area contributed by atoms with Crippen molar-refractivity contribution in [1.82, 2.24) is 5.01 Å². The topological polar surface area (TPSA) is 89.5 Å². The fraction of sp³-hybridized carbons (Fsp3) is 1.00. The summed E-state index contributed by atoms with van der Waals surface area (Å²) in [5.41, 5.74) is 0. The Morgan fingerprint density at radius 1 is 1.30 bits per heavy atom. The van der Waals surface area contributed by atoms with Crippen LogP contribution < -0.4 is 0 Å². The zero-order valence-electron chi connectivity index (χ0n) is 4.97. The summed E-state index contributed by atoms with van der Waals surface area (Å²) in [6.45, 7) is -0.139. The first-order valence-corrected chi connectivity index (χ1v) is 2.64. The Kier molecular flexibility index (Phi) is 1.40. The van der Waals surface area contributed by atoms with Crippen molar-refractivity contribution in [2.24, 2.45) is 0 Å². The average molecular weight is 147 g/mol. The first-order valence-electron chi connectivity index (χ1n) is 2.64. The number of hydrogen-bond donors (Lipinski definition) is 0. The molecule has 7 heteroatoms. The lowest BCUT2D eigenvalue weighted by atomic mass is 10.2. The molecule has 1 fully saturated rings. The Balaban J connectivity index is 2.31. The number of rotatable bonds is 2. The fourth-order valence-electron chi connectivity index (χ4n) is 0.700. The van der Waals surface area contributed by atoms with Crippen LogP contribution >= 0.6 is 0 Å². The van der Waals surface area contributed by atoms with E-state index in [9.17, 15) is 20.2 Å². The molecule has 1 saturated heterocycles. The molecule has 0 unspecified atom stereocenters. The molecule has 0 saturated carbocycles. The molecule has 10 heavy (non-hydrogen) atoms. The minimum Gasteiger partial charge on any atom is -0.264 e. The highest BCUT2D eigenvalue weighted by Crippen LogP contribution is 2.09. The molecule has 56 valence electrons. The van der Waals surface area contributed by atoms with Gasteiger partial charge in [-0.05, 0) is 0 Å². The fourth-order valence-corrected chi connectivity index (χ4v) is 0.700. The predicted molar refractivity (Wildman–Crippen MR) is 29.3 cm³/mol. The Hall–Kier alpha value is -1.40. The first-order chi connectivity index (χ1) is 4.61. The van der Waals surface area contributed by atoms with Crippen LogP contribution in [0.5, 0.6) is 0 Å². The van der Waals surface area contributed by atoms with Crippen molar-refractivity contribution in [3.8, 4) is 0 Å². The molecule has 1 rings (SSSR count). The lowest BCUT2D eigenvalue weighted by Gasteiger charge is -2.24. The van der Waals surface area contributed by atoms with E-state index in [4.69, 9.17) is 0 Å². The molecule has 0 aliphatic carbocycles. The molecule has 0 bridgehead atoms. The number of hydrazine groups is 1. The normalized spacial score (nSPS) is 18.2. The minimum atomic E-state index is -0.745. The third-order valence-corrected chi connectivity index (χ3v) is 1.37. The Morgan fingerprint density at radius 3 is 2.10 bits per heavy atom. The molecule has 0 aromatic heterocycles. The maximum absolute atomic E-state index is 9.91. The molecule has 1 aliphatic heterocycles. The van der Waals surface area contributed by atoms with Crippen LogP contribution in [0.15, 0.2) is 0 Å². The molecule has 0 aromatic carbocycles. The van der Waals surface area contributed by atoms with Crippen molar-refractivity contribution in [3.63, 3.8) is 0 Å². The average Bonchev–Trinajstić information content (AvgIpc) is 1.56. The maximum Gasteiger partial charge on any atom is 0.258 e. The first kappa shape index (κ1) is 6.72. The van der Waals surface area contributed by atoms with Gasteiger partial charge in [-0.2, -0.15) is 0 Å². The predicted octanol–water partition coefficient (Wildman–Crippen LogP) is -0.861. The summed E-state index contributed by atoms with van der Waals surface area (Å²) in [6, 6.07) is -0.745. The second-order valence-electron chi connectivity index (χ2n) is 2.05. The van der Waals surface area contributed by atoms with Gasteiger partial charge >= 0.3 is 0 Å². The monoisotopic (exact) mass is 147 g/mol. The van der Waals surface area contributed by atoms with Crippen molar-refractivity contribution in [3.05, 3.63) is 20.2 Å². The number of nitrogens with zero attached hydrogens (tertiary/aromatic N) is 3. The smallest absolute Gasteiger partial charge is 0.258 e. The largest absolute Gasteiger partial charge is 0.264 e. The van der Waals surface area contributed by atoms with Gasteiger partial charge in [-0.25, -0.2) is 10.1 Å². The van der Waals surface area contributed by atoms with Crippen molar-refractivity contribution in [2.75, 3.05) is 13.1 Å². The van der Waals surface area contributed by atoms with Gasteiger partial charge in [0.05, 0.1) is 0 Å². The summed E-state index contributed by atoms with van der Waals surface area (Å²) >= 11 is 0. The standard InChI is InChI=1S/C3H5N3O4/c7-5(8)3-1-4(2-3)6(9)10/h3H,1-2H2. The molecule has 1 aliphatic rings. The van der Waals surface area contributed by atoms with Crippen molar-refractivity contribution in [2.45, 2.75) is 6.04 Å². The van der Waals surface area contributed by atoms with E-state index in [2.05, 4.69) is 0 Å². The molecule has 0 amide bonds. The third kappa shape index (κ3) is 0.971. The minimum absolute atomic E-state index is 0.0694. The van der Waals surface area contributed by atoms with Crippen LogP contribution in [0.25, 0.3) is 0 Å². The van der Waals surface area contributed by atoms with Gasteiger partial charge in [0.1, 0.15) is 13.1 Å². The van der Waals surface area contributed by atoms with Gasteiger partial charge in [-0.15, -0.1) is 5.01 Å². The van der Waals surface area contributed by atoms with Crippen LogP contribution in [0.2, 0.25) is 0 Å². The van der Waals surface area contributed by atoms with Crippen molar-refractivity contribution in [1.29, 1.82) is 0 Å². The highest BCUT2D eigenvalue weighted by molar-refractivity contribution is 4.72. The third-order valence-electron chi connectivity index (χ3n) is 1.37. The van der Waals surface area contributed by atoms with E-state index < -0.39 is 16.0 Å². The zero-order valence-corrected chi connectivity index (χ0v) is 4.97. The lowest BCUT2D eigenvalue weighted by Crippen LogP contribution is -2.56.